The molecule has 0 rings (SSSR count). The molecule has 0 radical (unpaired) electrons. The van der Waals surface area contributed by atoms with Gasteiger partial charge in [0.25, 0.3) is 0 Å². The van der Waals surface area contributed by atoms with Crippen LogP contribution in [0.4, 0.5) is 4.39 Å². The van der Waals surface area contributed by atoms with Crippen molar-refractivity contribution in [3.8, 4) is 6.07 Å². The van der Waals surface area contributed by atoms with E-state index in [9.17, 15) is 4.39 Å². The first-order valence-corrected chi connectivity index (χ1v) is 3.57. The summed E-state index contributed by atoms with van der Waals surface area (Å²) in [6.07, 6.45) is 2.91. The Morgan fingerprint density at radius 1 is 1.62 bits per heavy atom. The Hall–Kier alpha value is -1.40. The number of rotatable bonds is 3. The maximum absolute atomic E-state index is 12.3. The van der Waals surface area contributed by atoms with Gasteiger partial charge in [-0.3, -0.25) is 0 Å². The van der Waals surface area contributed by atoms with Crippen LogP contribution in [0.5, 0.6) is 0 Å². The van der Waals surface area contributed by atoms with Gasteiger partial charge in [-0.1, -0.05) is 25.3 Å². The highest BCUT2D eigenvalue weighted by atomic mass is 19.1. The molecule has 0 aromatic rings. The molecule has 13 heavy (non-hydrogen) atoms. The number of nitrogens with zero attached hydrogens (tertiary/aromatic N) is 1. The van der Waals surface area contributed by atoms with Gasteiger partial charge in [-0.25, -0.2) is 4.39 Å². The minimum Gasteiger partial charge on any atom is -0.388 e. The lowest BCUT2D eigenvalue weighted by molar-refractivity contribution is 0.277. The largest absolute Gasteiger partial charge is 0.388 e. The average molecular weight is 183 g/mol. The Morgan fingerprint density at radius 3 is 2.31 bits per heavy atom. The van der Waals surface area contributed by atoms with E-state index in [2.05, 4.69) is 17.9 Å². The van der Waals surface area contributed by atoms with E-state index < -0.39 is 5.83 Å². The molecule has 0 saturated carbocycles. The average Bonchev–Trinajstić information content (AvgIpc) is 2.05. The summed E-state index contributed by atoms with van der Waals surface area (Å²) in [5.41, 5.74) is 0.289. The monoisotopic (exact) mass is 183 g/mol. The maximum Gasteiger partial charge on any atom is 0.120 e. The van der Waals surface area contributed by atoms with Crippen molar-refractivity contribution in [2.75, 3.05) is 14.2 Å². The van der Waals surface area contributed by atoms with Crippen LogP contribution in [0.2, 0.25) is 0 Å². The fraction of sp³-hybridized carbons (Fsp3) is 0.300. The Morgan fingerprint density at radius 2 is 2.08 bits per heavy atom. The molecule has 0 aliphatic rings. The number of methoxy groups -OCH3 is 1. The quantitative estimate of drug-likeness (QED) is 0.630. The van der Waals surface area contributed by atoms with Crippen molar-refractivity contribution in [3.05, 3.63) is 36.7 Å². The smallest absolute Gasteiger partial charge is 0.120 e. The van der Waals surface area contributed by atoms with E-state index in [-0.39, 0.29) is 12.0 Å². The van der Waals surface area contributed by atoms with Gasteiger partial charge in [0.1, 0.15) is 5.83 Å². The number of allylic oxidation sites excluding steroid dienone is 4. The minimum atomic E-state index is -0.568. The molecule has 0 aromatic carbocycles. The number of ether oxygens (including phenoxy) is 1. The zero-order valence-corrected chi connectivity index (χ0v) is 8.01. The Bertz CT molecular complexity index is 226. The lowest BCUT2D eigenvalue weighted by atomic mass is 10.2. The second-order valence-electron chi connectivity index (χ2n) is 2.08. The van der Waals surface area contributed by atoms with Crippen LogP contribution in [0, 0.1) is 11.3 Å². The summed E-state index contributed by atoms with van der Waals surface area (Å²) in [6.45, 7) is 6.43. The van der Waals surface area contributed by atoms with E-state index in [4.69, 9.17) is 5.26 Å². The van der Waals surface area contributed by atoms with Gasteiger partial charge in [-0.2, -0.15) is 5.26 Å². The first kappa shape index (κ1) is 14.1. The van der Waals surface area contributed by atoms with Crippen LogP contribution in [0.15, 0.2) is 36.7 Å². The van der Waals surface area contributed by atoms with Crippen molar-refractivity contribution in [1.82, 2.24) is 0 Å². The van der Waals surface area contributed by atoms with Gasteiger partial charge >= 0.3 is 0 Å². The molecule has 0 aliphatic carbocycles. The normalized spacial score (nSPS) is 9.23. The molecule has 0 atom stereocenters. The molecule has 0 bridgehead atoms. The third kappa shape index (κ3) is 10.6. The van der Waals surface area contributed by atoms with E-state index in [0.29, 0.717) is 0 Å². The van der Waals surface area contributed by atoms with Gasteiger partial charge in [0, 0.05) is 19.8 Å². The van der Waals surface area contributed by atoms with Crippen LogP contribution in [-0.2, 0) is 4.74 Å². The number of nitriles is 1. The summed E-state index contributed by atoms with van der Waals surface area (Å²) in [7, 11) is 3.25. The highest BCUT2D eigenvalue weighted by molar-refractivity contribution is 5.28. The van der Waals surface area contributed by atoms with E-state index >= 15 is 0 Å². The van der Waals surface area contributed by atoms with Crippen molar-refractivity contribution in [3.63, 3.8) is 0 Å². The van der Waals surface area contributed by atoms with Crippen LogP contribution >= 0.6 is 0 Å². The Kier molecular flexibility index (Phi) is 11.5. The molecular weight excluding hydrogens is 169 g/mol. The molecule has 3 heteroatoms. The van der Waals surface area contributed by atoms with E-state index in [1.807, 2.05) is 6.07 Å². The third-order valence-electron chi connectivity index (χ3n) is 0.937. The first-order chi connectivity index (χ1) is 6.13. The molecule has 0 fully saturated rings. The summed E-state index contributed by atoms with van der Waals surface area (Å²) in [5, 5.41) is 8.18. The van der Waals surface area contributed by atoms with E-state index in [1.54, 1.807) is 14.2 Å². The summed E-state index contributed by atoms with van der Waals surface area (Å²) < 4.78 is 16.5. The summed E-state index contributed by atoms with van der Waals surface area (Å²) in [4.78, 5) is 0. The van der Waals surface area contributed by atoms with Crippen molar-refractivity contribution in [2.45, 2.75) is 6.42 Å². The van der Waals surface area contributed by atoms with Gasteiger partial charge < -0.3 is 4.74 Å². The Balaban J connectivity index is 0. The fourth-order valence-corrected chi connectivity index (χ4v) is 0.473. The van der Waals surface area contributed by atoms with Gasteiger partial charge in [0.15, 0.2) is 0 Å². The highest BCUT2D eigenvalue weighted by Crippen LogP contribution is 2.12. The molecule has 0 N–H and O–H groups in total. The van der Waals surface area contributed by atoms with Crippen molar-refractivity contribution in [2.24, 2.45) is 0 Å². The van der Waals surface area contributed by atoms with Crippen LogP contribution < -0.4 is 0 Å². The predicted molar refractivity (Wildman–Crippen MR) is 51.7 cm³/mol. The van der Waals surface area contributed by atoms with Crippen molar-refractivity contribution < 1.29 is 9.13 Å². The first-order valence-electron chi connectivity index (χ1n) is 3.57. The zero-order valence-electron chi connectivity index (χ0n) is 8.01. The lowest BCUT2D eigenvalue weighted by Crippen LogP contribution is -1.79. The second kappa shape index (κ2) is 10.6. The van der Waals surface area contributed by atoms with Gasteiger partial charge in [0.05, 0.1) is 12.5 Å². The molecule has 2 nitrogen and oxygen atoms in total. The molecular formula is C10H14FNO. The molecule has 0 spiro atoms. The van der Waals surface area contributed by atoms with Crippen LogP contribution in [0.3, 0.4) is 0 Å². The molecule has 0 aliphatic heterocycles. The van der Waals surface area contributed by atoms with E-state index in [1.165, 1.54) is 12.2 Å². The molecule has 0 aromatic heterocycles. The number of halogens is 1. The number of hydrogen-bond acceptors (Lipinski definition) is 2. The summed E-state index contributed by atoms with van der Waals surface area (Å²) in [6, 6.07) is 1.82. The predicted octanol–water partition coefficient (Wildman–Crippen LogP) is 2.76. The van der Waals surface area contributed by atoms with Crippen LogP contribution in [0.1, 0.15) is 6.42 Å². The zero-order chi connectivity index (χ0) is 10.7. The molecule has 0 heterocycles. The molecule has 0 unspecified atom stereocenters. The van der Waals surface area contributed by atoms with Gasteiger partial charge in [-0.05, 0) is 0 Å². The summed E-state index contributed by atoms with van der Waals surface area (Å²) >= 11 is 0. The third-order valence-corrected chi connectivity index (χ3v) is 0.937. The van der Waals surface area contributed by atoms with Crippen LogP contribution in [0.25, 0.3) is 0 Å². The van der Waals surface area contributed by atoms with Gasteiger partial charge in [0.2, 0.25) is 0 Å². The standard InChI is InChI=1S/C8H8FN.C2H6O/c1-3-4-8(5-6-10)7(2)9;1-3-2/h3-4H,1-2,5H2;1-2H3/b8-4-;. The molecule has 72 valence electrons. The van der Waals surface area contributed by atoms with Gasteiger partial charge in [-0.15, -0.1) is 0 Å². The maximum atomic E-state index is 12.3. The van der Waals surface area contributed by atoms with Crippen LogP contribution in [-0.4, -0.2) is 14.2 Å². The molecule has 0 amide bonds. The van der Waals surface area contributed by atoms with E-state index in [0.717, 1.165) is 0 Å². The highest BCUT2D eigenvalue weighted by Gasteiger charge is 1.97. The SMILES string of the molecule is C=C/C=C(/CC#N)C(=C)F.COC. The second-order valence-corrected chi connectivity index (χ2v) is 2.08. The minimum absolute atomic E-state index is 0.0430. The van der Waals surface area contributed by atoms with Crippen molar-refractivity contribution >= 4 is 0 Å². The lowest BCUT2D eigenvalue weighted by Gasteiger charge is -1.93. The van der Waals surface area contributed by atoms with Crippen molar-refractivity contribution in [1.29, 1.82) is 5.26 Å². The summed E-state index contributed by atoms with van der Waals surface area (Å²) in [5.74, 6) is -0.568. The Labute approximate surface area is 78.6 Å². The fourth-order valence-electron chi connectivity index (χ4n) is 0.473. The number of hydrogen-bond donors (Lipinski definition) is 0. The topological polar surface area (TPSA) is 33.0 Å². The molecule has 0 saturated heterocycles.